The highest BCUT2D eigenvalue weighted by atomic mass is 35.5. The molecule has 1 aliphatic heterocycles. The van der Waals surface area contributed by atoms with E-state index in [9.17, 15) is 9.59 Å². The van der Waals surface area contributed by atoms with E-state index in [0.29, 0.717) is 42.3 Å². The molecule has 0 bridgehead atoms. The number of aryl methyl sites for hydroxylation is 1. The molecule has 2 amide bonds. The number of nitrogens with one attached hydrogen (secondary N) is 2. The second kappa shape index (κ2) is 11.3. The van der Waals surface area contributed by atoms with Gasteiger partial charge in [-0.2, -0.15) is 0 Å². The van der Waals surface area contributed by atoms with Crippen molar-refractivity contribution in [3.8, 4) is 0 Å². The number of carbonyl (C=O) groups excluding carboxylic acids is 2. The van der Waals surface area contributed by atoms with Crippen molar-refractivity contribution in [2.75, 3.05) is 36.4 Å². The second-order valence-corrected chi connectivity index (χ2v) is 9.11. The van der Waals surface area contributed by atoms with E-state index >= 15 is 0 Å². The van der Waals surface area contributed by atoms with Crippen molar-refractivity contribution in [3.63, 3.8) is 0 Å². The largest absolute Gasteiger partial charge is 0.366 e. The highest BCUT2D eigenvalue weighted by molar-refractivity contribution is 7.80. The van der Waals surface area contributed by atoms with Crippen LogP contribution in [-0.2, 0) is 6.42 Å². The van der Waals surface area contributed by atoms with Crippen molar-refractivity contribution in [2.45, 2.75) is 13.3 Å². The fourth-order valence-corrected chi connectivity index (χ4v) is 4.33. The maximum absolute atomic E-state index is 12.8. The van der Waals surface area contributed by atoms with Crippen molar-refractivity contribution in [2.24, 2.45) is 0 Å². The molecule has 0 saturated carbocycles. The summed E-state index contributed by atoms with van der Waals surface area (Å²) in [6, 6.07) is 22.3. The Hall–Kier alpha value is -3.42. The molecule has 4 rings (SSSR count). The molecule has 1 heterocycles. The summed E-state index contributed by atoms with van der Waals surface area (Å²) in [6.07, 6.45) is 0.919. The quantitative estimate of drug-likeness (QED) is 0.477. The van der Waals surface area contributed by atoms with Gasteiger partial charge in [-0.05, 0) is 72.7 Å². The molecule has 3 aromatic carbocycles. The third-order valence-electron chi connectivity index (χ3n) is 6.00. The van der Waals surface area contributed by atoms with Crippen LogP contribution in [0.4, 0.5) is 11.4 Å². The van der Waals surface area contributed by atoms with Crippen molar-refractivity contribution in [3.05, 3.63) is 94.5 Å². The Labute approximate surface area is 215 Å². The molecule has 0 radical (unpaired) electrons. The van der Waals surface area contributed by atoms with Gasteiger partial charge in [-0.3, -0.25) is 14.9 Å². The van der Waals surface area contributed by atoms with Crippen molar-refractivity contribution in [1.82, 2.24) is 10.2 Å². The summed E-state index contributed by atoms with van der Waals surface area (Å²) in [6.45, 7) is 4.64. The molecule has 2 N–H and O–H groups in total. The van der Waals surface area contributed by atoms with Crippen molar-refractivity contribution in [1.29, 1.82) is 0 Å². The lowest BCUT2D eigenvalue weighted by atomic mass is 10.1. The predicted octanol–water partition coefficient (Wildman–Crippen LogP) is 4.99. The lowest BCUT2D eigenvalue weighted by Crippen LogP contribution is -2.49. The van der Waals surface area contributed by atoms with E-state index in [1.807, 2.05) is 41.3 Å². The smallest absolute Gasteiger partial charge is 0.257 e. The van der Waals surface area contributed by atoms with Crippen LogP contribution >= 0.6 is 23.8 Å². The van der Waals surface area contributed by atoms with E-state index in [1.165, 1.54) is 5.56 Å². The lowest BCUT2D eigenvalue weighted by molar-refractivity contribution is 0.0746. The zero-order chi connectivity index (χ0) is 24.8. The number of piperazine rings is 1. The summed E-state index contributed by atoms with van der Waals surface area (Å²) in [5.74, 6) is -0.249. The Balaban J connectivity index is 1.36. The van der Waals surface area contributed by atoms with E-state index in [1.54, 1.807) is 36.4 Å². The third kappa shape index (κ3) is 6.18. The van der Waals surface area contributed by atoms with Gasteiger partial charge in [-0.15, -0.1) is 0 Å². The first-order valence-corrected chi connectivity index (χ1v) is 12.3. The number of carbonyl (C=O) groups is 2. The van der Waals surface area contributed by atoms with Crippen molar-refractivity contribution >= 4 is 52.1 Å². The van der Waals surface area contributed by atoms with Gasteiger partial charge in [0.25, 0.3) is 11.8 Å². The number of amides is 2. The monoisotopic (exact) mass is 506 g/mol. The summed E-state index contributed by atoms with van der Waals surface area (Å²) >= 11 is 11.4. The number of hydrogen-bond donors (Lipinski definition) is 2. The van der Waals surface area contributed by atoms with Crippen molar-refractivity contribution < 1.29 is 9.59 Å². The van der Waals surface area contributed by atoms with Gasteiger partial charge in [-0.1, -0.05) is 42.8 Å². The third-order valence-corrected chi connectivity index (χ3v) is 6.46. The number of nitrogens with zero attached hydrogens (tertiary/aromatic N) is 2. The second-order valence-electron chi connectivity index (χ2n) is 8.26. The molecule has 3 aromatic rings. The SMILES string of the molecule is CCc1ccc(C(=O)NC(=S)Nc2ccccc2N2CCN(C(=O)c3ccc(Cl)cc3)CC2)cc1. The molecule has 0 unspecified atom stereocenters. The Bertz CT molecular complexity index is 1210. The number of rotatable bonds is 5. The normalized spacial score (nSPS) is 13.3. The standard InChI is InChI=1S/C27H27ClN4O2S/c1-2-19-7-9-20(10-8-19)25(33)30-27(35)29-23-5-3-4-6-24(23)31-15-17-32(18-16-31)26(34)21-11-13-22(28)14-12-21/h3-14H,2,15-18H2,1H3,(H2,29,30,33,35). The summed E-state index contributed by atoms with van der Waals surface area (Å²) < 4.78 is 0. The first kappa shape index (κ1) is 24.7. The molecule has 1 aliphatic rings. The Morgan fingerprint density at radius 2 is 1.51 bits per heavy atom. The molecule has 8 heteroatoms. The molecule has 35 heavy (non-hydrogen) atoms. The van der Waals surface area contributed by atoms with Crippen LogP contribution in [0.1, 0.15) is 33.2 Å². The molecule has 1 saturated heterocycles. The average Bonchev–Trinajstić information content (AvgIpc) is 2.89. The number of thiocarbonyl (C=S) groups is 1. The number of halogens is 1. The van der Waals surface area contributed by atoms with Gasteiger partial charge >= 0.3 is 0 Å². The highest BCUT2D eigenvalue weighted by Gasteiger charge is 2.23. The minimum atomic E-state index is -0.253. The maximum Gasteiger partial charge on any atom is 0.257 e. The first-order valence-electron chi connectivity index (χ1n) is 11.5. The molecule has 0 atom stereocenters. The number of anilines is 2. The summed E-state index contributed by atoms with van der Waals surface area (Å²) in [5.41, 5.74) is 4.13. The van der Waals surface area contributed by atoms with E-state index in [0.717, 1.165) is 17.8 Å². The Morgan fingerprint density at radius 1 is 0.886 bits per heavy atom. The van der Waals surface area contributed by atoms with Crippen LogP contribution in [0.5, 0.6) is 0 Å². The van der Waals surface area contributed by atoms with Gasteiger partial charge < -0.3 is 15.1 Å². The van der Waals surface area contributed by atoms with Gasteiger partial charge in [-0.25, -0.2) is 0 Å². The minimum absolute atomic E-state index is 0.00332. The van der Waals surface area contributed by atoms with Gasteiger partial charge in [0.15, 0.2) is 5.11 Å². The van der Waals surface area contributed by atoms with E-state index in [4.69, 9.17) is 23.8 Å². The lowest BCUT2D eigenvalue weighted by Gasteiger charge is -2.37. The van der Waals surface area contributed by atoms with Crippen LogP contribution < -0.4 is 15.5 Å². The van der Waals surface area contributed by atoms with E-state index in [-0.39, 0.29) is 16.9 Å². The van der Waals surface area contributed by atoms with Gasteiger partial charge in [0.2, 0.25) is 0 Å². The maximum atomic E-state index is 12.8. The summed E-state index contributed by atoms with van der Waals surface area (Å²) in [7, 11) is 0. The van der Waals surface area contributed by atoms with Crippen LogP contribution in [0.25, 0.3) is 0 Å². The zero-order valence-corrected chi connectivity index (χ0v) is 21.0. The highest BCUT2D eigenvalue weighted by Crippen LogP contribution is 2.27. The van der Waals surface area contributed by atoms with Crippen LogP contribution in [0.3, 0.4) is 0 Å². The topological polar surface area (TPSA) is 64.7 Å². The fraction of sp³-hybridized carbons (Fsp3) is 0.222. The van der Waals surface area contributed by atoms with Crippen LogP contribution in [0.2, 0.25) is 5.02 Å². The number of hydrogen-bond acceptors (Lipinski definition) is 4. The summed E-state index contributed by atoms with van der Waals surface area (Å²) in [4.78, 5) is 29.5. The zero-order valence-electron chi connectivity index (χ0n) is 19.5. The fourth-order valence-electron chi connectivity index (χ4n) is 4.00. The Morgan fingerprint density at radius 3 is 2.17 bits per heavy atom. The molecule has 6 nitrogen and oxygen atoms in total. The van der Waals surface area contributed by atoms with Crippen LogP contribution in [0, 0.1) is 0 Å². The molecule has 0 aromatic heterocycles. The van der Waals surface area contributed by atoms with Crippen LogP contribution in [-0.4, -0.2) is 48.0 Å². The van der Waals surface area contributed by atoms with Gasteiger partial charge in [0.1, 0.15) is 0 Å². The minimum Gasteiger partial charge on any atom is -0.366 e. The van der Waals surface area contributed by atoms with Crippen LogP contribution in [0.15, 0.2) is 72.8 Å². The van der Waals surface area contributed by atoms with E-state index in [2.05, 4.69) is 22.5 Å². The van der Waals surface area contributed by atoms with E-state index < -0.39 is 0 Å². The molecule has 0 spiro atoms. The number of benzene rings is 3. The molecule has 1 fully saturated rings. The molecule has 180 valence electrons. The van der Waals surface area contributed by atoms with Gasteiger partial charge in [0, 0.05) is 42.3 Å². The molecule has 0 aliphatic carbocycles. The summed E-state index contributed by atoms with van der Waals surface area (Å²) in [5, 5.41) is 6.76. The molecular formula is C27H27ClN4O2S. The average molecular weight is 507 g/mol. The Kier molecular flexibility index (Phi) is 8.00. The van der Waals surface area contributed by atoms with Gasteiger partial charge in [0.05, 0.1) is 11.4 Å². The molecular weight excluding hydrogens is 480 g/mol. The number of para-hydroxylation sites is 2. The first-order chi connectivity index (χ1) is 16.9. The predicted molar refractivity (Wildman–Crippen MR) is 146 cm³/mol.